The number of hydrogen-bond donors (Lipinski definition) is 1. The van der Waals surface area contributed by atoms with Gasteiger partial charge in [0.2, 0.25) is 11.8 Å². The van der Waals surface area contributed by atoms with Crippen LogP contribution in [-0.2, 0) is 22.4 Å². The van der Waals surface area contributed by atoms with Gasteiger partial charge in [-0.3, -0.25) is 14.9 Å². The zero-order valence-electron chi connectivity index (χ0n) is 22.3. The van der Waals surface area contributed by atoms with Crippen molar-refractivity contribution in [1.82, 2.24) is 10.5 Å². The molecule has 3 aromatic rings. The molecule has 7 nitrogen and oxygen atoms in total. The van der Waals surface area contributed by atoms with E-state index in [0.29, 0.717) is 19.6 Å². The smallest absolute Gasteiger partial charge is 0.233 e. The summed E-state index contributed by atoms with van der Waals surface area (Å²) in [7, 11) is 0. The SMILES string of the molecule is CCCc1c(OCCCOc2ccc(C(C)C(=O)NC(C)=O)cc2)ccc2c(CC(C)(C)C)noc12. The molecule has 0 aliphatic rings. The monoisotopic (exact) mass is 494 g/mol. The number of aromatic nitrogens is 1. The number of hydrogen-bond acceptors (Lipinski definition) is 6. The molecule has 1 heterocycles. The number of nitrogens with zero attached hydrogens (tertiary/aromatic N) is 1. The molecule has 0 aliphatic heterocycles. The largest absolute Gasteiger partial charge is 0.493 e. The second kappa shape index (κ2) is 12.1. The predicted octanol–water partition coefficient (Wildman–Crippen LogP) is 5.98. The quantitative estimate of drug-likeness (QED) is 0.330. The van der Waals surface area contributed by atoms with Crippen LogP contribution in [-0.4, -0.2) is 30.2 Å². The van der Waals surface area contributed by atoms with E-state index >= 15 is 0 Å². The Hall–Kier alpha value is -3.35. The Balaban J connectivity index is 1.54. The molecule has 0 radical (unpaired) electrons. The highest BCUT2D eigenvalue weighted by Crippen LogP contribution is 2.33. The highest BCUT2D eigenvalue weighted by Gasteiger charge is 2.20. The van der Waals surface area contributed by atoms with E-state index in [1.807, 2.05) is 30.3 Å². The minimum absolute atomic E-state index is 0.132. The number of carbonyl (C=O) groups excluding carboxylic acids is 2. The minimum atomic E-state index is -0.417. The molecule has 1 aromatic heterocycles. The Morgan fingerprint density at radius 3 is 2.39 bits per heavy atom. The lowest BCUT2D eigenvalue weighted by Crippen LogP contribution is -2.31. The Morgan fingerprint density at radius 2 is 1.75 bits per heavy atom. The van der Waals surface area contributed by atoms with Gasteiger partial charge < -0.3 is 14.0 Å². The first kappa shape index (κ1) is 27.2. The van der Waals surface area contributed by atoms with Crippen molar-refractivity contribution < 1.29 is 23.6 Å². The van der Waals surface area contributed by atoms with Crippen molar-refractivity contribution in [2.45, 2.75) is 73.1 Å². The zero-order chi connectivity index (χ0) is 26.3. The Bertz CT molecular complexity index is 1170. The fourth-order valence-corrected chi connectivity index (χ4v) is 4.06. The standard InChI is InChI=1S/C29H38N2O5/c1-7-9-24-26(15-14-23-25(18-29(4,5)6)31-36-27(23)24)35-17-8-16-34-22-12-10-21(11-13-22)19(2)28(33)30-20(3)32/h10-15,19H,7-9,16-18H2,1-6H3,(H,30,32,33). The molecule has 0 saturated carbocycles. The molecule has 0 aliphatic carbocycles. The lowest BCUT2D eigenvalue weighted by atomic mass is 9.89. The highest BCUT2D eigenvalue weighted by molar-refractivity contribution is 5.97. The van der Waals surface area contributed by atoms with E-state index in [0.717, 1.165) is 58.6 Å². The van der Waals surface area contributed by atoms with Crippen LogP contribution < -0.4 is 14.8 Å². The number of carbonyl (C=O) groups is 2. The summed E-state index contributed by atoms with van der Waals surface area (Å²) in [4.78, 5) is 23.1. The van der Waals surface area contributed by atoms with Crippen LogP contribution >= 0.6 is 0 Å². The maximum Gasteiger partial charge on any atom is 0.233 e. The topological polar surface area (TPSA) is 90.7 Å². The van der Waals surface area contributed by atoms with Crippen molar-refractivity contribution in [3.8, 4) is 11.5 Å². The summed E-state index contributed by atoms with van der Waals surface area (Å²) in [6.07, 6.45) is 3.42. The molecule has 1 atom stereocenters. The zero-order valence-corrected chi connectivity index (χ0v) is 22.3. The van der Waals surface area contributed by atoms with Gasteiger partial charge in [-0.2, -0.15) is 0 Å². The first-order valence-electron chi connectivity index (χ1n) is 12.7. The summed E-state index contributed by atoms with van der Waals surface area (Å²) in [6.45, 7) is 12.9. The molecule has 194 valence electrons. The van der Waals surface area contributed by atoms with Crippen LogP contribution in [0.1, 0.15) is 77.1 Å². The molecule has 36 heavy (non-hydrogen) atoms. The molecule has 3 rings (SSSR count). The van der Waals surface area contributed by atoms with Gasteiger partial charge in [0, 0.05) is 24.3 Å². The molecule has 7 heteroatoms. The van der Waals surface area contributed by atoms with Gasteiger partial charge >= 0.3 is 0 Å². The normalized spacial score (nSPS) is 12.4. The Kier molecular flexibility index (Phi) is 9.13. The van der Waals surface area contributed by atoms with Gasteiger partial charge in [0.25, 0.3) is 0 Å². The van der Waals surface area contributed by atoms with E-state index in [4.69, 9.17) is 14.0 Å². The molecule has 1 N–H and O–H groups in total. The average Bonchev–Trinajstić information content (AvgIpc) is 3.21. The second-order valence-corrected chi connectivity index (χ2v) is 10.4. The van der Waals surface area contributed by atoms with E-state index in [-0.39, 0.29) is 17.2 Å². The molecule has 1 unspecified atom stereocenters. The lowest BCUT2D eigenvalue weighted by molar-refractivity contribution is -0.129. The number of rotatable bonds is 11. The van der Waals surface area contributed by atoms with Gasteiger partial charge in [-0.05, 0) is 55.0 Å². The van der Waals surface area contributed by atoms with E-state index in [2.05, 4.69) is 44.2 Å². The number of fused-ring (bicyclic) bond motifs is 1. The molecule has 0 spiro atoms. The van der Waals surface area contributed by atoms with Crippen LogP contribution in [0, 0.1) is 5.41 Å². The van der Waals surface area contributed by atoms with E-state index in [9.17, 15) is 9.59 Å². The summed E-state index contributed by atoms with van der Waals surface area (Å²) >= 11 is 0. The van der Waals surface area contributed by atoms with Crippen molar-refractivity contribution in [3.63, 3.8) is 0 Å². The van der Waals surface area contributed by atoms with Gasteiger partial charge in [0.1, 0.15) is 11.5 Å². The minimum Gasteiger partial charge on any atom is -0.493 e. The lowest BCUT2D eigenvalue weighted by Gasteiger charge is -2.16. The Labute approximate surface area is 213 Å². The van der Waals surface area contributed by atoms with Gasteiger partial charge in [-0.15, -0.1) is 0 Å². The maximum absolute atomic E-state index is 12.0. The third kappa shape index (κ3) is 7.33. The second-order valence-electron chi connectivity index (χ2n) is 10.4. The van der Waals surface area contributed by atoms with Crippen molar-refractivity contribution in [2.75, 3.05) is 13.2 Å². The van der Waals surface area contributed by atoms with Crippen LogP contribution in [0.15, 0.2) is 40.9 Å². The first-order valence-corrected chi connectivity index (χ1v) is 12.7. The van der Waals surface area contributed by atoms with Gasteiger partial charge in [-0.1, -0.05) is 51.4 Å². The molecule has 0 fully saturated rings. The van der Waals surface area contributed by atoms with Crippen molar-refractivity contribution in [2.24, 2.45) is 5.41 Å². The predicted molar refractivity (Wildman–Crippen MR) is 140 cm³/mol. The van der Waals surface area contributed by atoms with Gasteiger partial charge in [-0.25, -0.2) is 0 Å². The third-order valence-electron chi connectivity index (χ3n) is 5.86. The van der Waals surface area contributed by atoms with Crippen LogP contribution in [0.4, 0.5) is 0 Å². The van der Waals surface area contributed by atoms with E-state index in [1.165, 1.54) is 6.92 Å². The first-order chi connectivity index (χ1) is 17.1. The van der Waals surface area contributed by atoms with Crippen LogP contribution in [0.2, 0.25) is 0 Å². The average molecular weight is 495 g/mol. The van der Waals surface area contributed by atoms with E-state index < -0.39 is 5.92 Å². The summed E-state index contributed by atoms with van der Waals surface area (Å²) in [6, 6.07) is 11.4. The maximum atomic E-state index is 12.0. The molecule has 2 aromatic carbocycles. The van der Waals surface area contributed by atoms with Crippen LogP contribution in [0.3, 0.4) is 0 Å². The van der Waals surface area contributed by atoms with Crippen molar-refractivity contribution in [3.05, 3.63) is 53.2 Å². The summed E-state index contributed by atoms with van der Waals surface area (Å²) in [5, 5.41) is 7.75. The van der Waals surface area contributed by atoms with Crippen molar-refractivity contribution in [1.29, 1.82) is 0 Å². The van der Waals surface area contributed by atoms with Crippen LogP contribution in [0.25, 0.3) is 11.0 Å². The molecular weight excluding hydrogens is 456 g/mol. The summed E-state index contributed by atoms with van der Waals surface area (Å²) < 4.78 is 17.7. The number of ether oxygens (including phenoxy) is 2. The van der Waals surface area contributed by atoms with Crippen molar-refractivity contribution >= 4 is 22.8 Å². The molecule has 0 saturated heterocycles. The van der Waals surface area contributed by atoms with E-state index in [1.54, 1.807) is 6.92 Å². The molecular formula is C29H38N2O5. The Morgan fingerprint density at radius 1 is 1.06 bits per heavy atom. The molecule has 2 amide bonds. The van der Waals surface area contributed by atoms with Crippen LogP contribution in [0.5, 0.6) is 11.5 Å². The number of imide groups is 1. The highest BCUT2D eigenvalue weighted by atomic mass is 16.5. The fraction of sp³-hybridized carbons (Fsp3) is 0.483. The summed E-state index contributed by atoms with van der Waals surface area (Å²) in [5.74, 6) is 0.468. The molecule has 0 bridgehead atoms. The third-order valence-corrected chi connectivity index (χ3v) is 5.86. The summed E-state index contributed by atoms with van der Waals surface area (Å²) in [5.41, 5.74) is 3.85. The van der Waals surface area contributed by atoms with Gasteiger partial charge in [0.15, 0.2) is 5.58 Å². The fourth-order valence-electron chi connectivity index (χ4n) is 4.06. The number of amides is 2. The van der Waals surface area contributed by atoms with Gasteiger partial charge in [0.05, 0.1) is 24.8 Å². The number of nitrogens with one attached hydrogen (secondary N) is 1. The number of aryl methyl sites for hydroxylation is 1. The number of benzene rings is 2.